The highest BCUT2D eigenvalue weighted by Crippen LogP contribution is 2.33. The van der Waals surface area contributed by atoms with Crippen molar-refractivity contribution in [1.29, 1.82) is 0 Å². The molecular weight excluding hydrogens is 262 g/mol. The monoisotopic (exact) mass is 279 g/mol. The van der Waals surface area contributed by atoms with Crippen LogP contribution in [0.5, 0.6) is 0 Å². The molecule has 108 valence electrons. The number of aliphatic carboxylic acids is 1. The summed E-state index contributed by atoms with van der Waals surface area (Å²) in [5.41, 5.74) is -0.160. The van der Waals surface area contributed by atoms with Crippen molar-refractivity contribution in [2.45, 2.75) is 26.7 Å². The van der Waals surface area contributed by atoms with Crippen molar-refractivity contribution in [2.24, 2.45) is 5.41 Å². The molecule has 7 heteroatoms. The highest BCUT2D eigenvalue weighted by molar-refractivity contribution is 5.75. The molecule has 0 amide bonds. The van der Waals surface area contributed by atoms with Crippen molar-refractivity contribution in [3.63, 3.8) is 0 Å². The Morgan fingerprint density at radius 1 is 1.60 bits per heavy atom. The lowest BCUT2D eigenvalue weighted by atomic mass is 9.82. The van der Waals surface area contributed by atoms with Crippen molar-refractivity contribution in [3.8, 4) is 0 Å². The highest BCUT2D eigenvalue weighted by Gasteiger charge is 2.38. The van der Waals surface area contributed by atoms with E-state index in [2.05, 4.69) is 4.98 Å². The highest BCUT2D eigenvalue weighted by atomic mass is 16.6. The molecule has 0 spiro atoms. The summed E-state index contributed by atoms with van der Waals surface area (Å²) < 4.78 is 0. The van der Waals surface area contributed by atoms with Crippen molar-refractivity contribution in [3.05, 3.63) is 27.9 Å². The average Bonchev–Trinajstić information content (AvgIpc) is 2.38. The molecule has 1 unspecified atom stereocenters. The van der Waals surface area contributed by atoms with Gasteiger partial charge in [-0.05, 0) is 32.3 Å². The van der Waals surface area contributed by atoms with E-state index in [9.17, 15) is 20.0 Å². The molecule has 1 saturated heterocycles. The zero-order valence-electron chi connectivity index (χ0n) is 11.5. The van der Waals surface area contributed by atoms with E-state index in [0.717, 1.165) is 6.42 Å². The largest absolute Gasteiger partial charge is 0.481 e. The number of nitrogens with zero attached hydrogens (tertiary/aromatic N) is 3. The summed E-state index contributed by atoms with van der Waals surface area (Å²) >= 11 is 0. The number of anilines is 1. The van der Waals surface area contributed by atoms with Gasteiger partial charge in [0, 0.05) is 19.2 Å². The molecule has 0 aliphatic carbocycles. The number of hydrogen-bond donors (Lipinski definition) is 1. The second-order valence-electron chi connectivity index (χ2n) is 5.48. The standard InChI is InChI=1S/C13H17N3O4/c1-9-6-10(16(19)20)7-14-11(9)15-5-3-4-13(2,8-15)12(17)18/h6-7H,3-5,8H2,1-2H3,(H,17,18). The normalized spacial score (nSPS) is 22.6. The molecule has 1 aliphatic heterocycles. The minimum absolute atomic E-state index is 0.0516. The Morgan fingerprint density at radius 3 is 2.85 bits per heavy atom. The fraction of sp³-hybridized carbons (Fsp3) is 0.538. The number of pyridine rings is 1. The number of aromatic nitrogens is 1. The number of carboxylic acids is 1. The van der Waals surface area contributed by atoms with Crippen LogP contribution in [0.25, 0.3) is 0 Å². The van der Waals surface area contributed by atoms with E-state index >= 15 is 0 Å². The number of piperidine rings is 1. The minimum atomic E-state index is -0.818. The summed E-state index contributed by atoms with van der Waals surface area (Å²) in [4.78, 5) is 27.6. The molecule has 1 N–H and O–H groups in total. The van der Waals surface area contributed by atoms with Gasteiger partial charge in [0.2, 0.25) is 0 Å². The predicted molar refractivity (Wildman–Crippen MR) is 72.8 cm³/mol. The lowest BCUT2D eigenvalue weighted by Crippen LogP contribution is -2.46. The van der Waals surface area contributed by atoms with E-state index in [-0.39, 0.29) is 5.69 Å². The lowest BCUT2D eigenvalue weighted by Gasteiger charge is -2.38. The maximum absolute atomic E-state index is 11.3. The predicted octanol–water partition coefficient (Wildman–Crippen LogP) is 1.99. The van der Waals surface area contributed by atoms with Gasteiger partial charge in [-0.1, -0.05) is 0 Å². The van der Waals surface area contributed by atoms with Crippen LogP contribution in [-0.2, 0) is 4.79 Å². The van der Waals surface area contributed by atoms with Crippen LogP contribution in [0.2, 0.25) is 0 Å². The third-order valence-electron chi connectivity index (χ3n) is 3.76. The first-order valence-corrected chi connectivity index (χ1v) is 6.43. The van der Waals surface area contributed by atoms with E-state index in [0.29, 0.717) is 30.9 Å². The van der Waals surface area contributed by atoms with Gasteiger partial charge in [-0.15, -0.1) is 0 Å². The molecule has 2 rings (SSSR count). The number of carbonyl (C=O) groups is 1. The van der Waals surface area contributed by atoms with E-state index in [1.165, 1.54) is 12.3 Å². The Labute approximate surface area is 116 Å². The number of rotatable bonds is 3. The molecule has 0 bridgehead atoms. The maximum atomic E-state index is 11.3. The fourth-order valence-corrected chi connectivity index (χ4v) is 2.58. The van der Waals surface area contributed by atoms with Gasteiger partial charge in [0.05, 0.1) is 10.3 Å². The summed E-state index contributed by atoms with van der Waals surface area (Å²) in [6, 6.07) is 1.47. The molecule has 7 nitrogen and oxygen atoms in total. The fourth-order valence-electron chi connectivity index (χ4n) is 2.58. The Hall–Kier alpha value is -2.18. The van der Waals surface area contributed by atoms with Crippen LogP contribution in [0.3, 0.4) is 0 Å². The quantitative estimate of drug-likeness (QED) is 0.671. The van der Waals surface area contributed by atoms with Gasteiger partial charge in [0.1, 0.15) is 12.0 Å². The zero-order valence-corrected chi connectivity index (χ0v) is 11.5. The van der Waals surface area contributed by atoms with Gasteiger partial charge in [-0.25, -0.2) is 4.98 Å². The Bertz CT molecular complexity index is 561. The Morgan fingerprint density at radius 2 is 2.30 bits per heavy atom. The molecule has 20 heavy (non-hydrogen) atoms. The number of nitro groups is 1. The molecule has 1 aliphatic rings. The smallest absolute Gasteiger partial charge is 0.311 e. The van der Waals surface area contributed by atoms with Crippen LogP contribution in [-0.4, -0.2) is 34.1 Å². The van der Waals surface area contributed by atoms with E-state index in [1.807, 2.05) is 4.90 Å². The Balaban J connectivity index is 2.28. The summed E-state index contributed by atoms with van der Waals surface area (Å²) in [5, 5.41) is 20.0. The third-order valence-corrected chi connectivity index (χ3v) is 3.76. The molecule has 0 radical (unpaired) electrons. The van der Waals surface area contributed by atoms with E-state index < -0.39 is 16.3 Å². The average molecular weight is 279 g/mol. The van der Waals surface area contributed by atoms with Gasteiger partial charge in [-0.3, -0.25) is 14.9 Å². The number of aryl methyl sites for hydroxylation is 1. The Kier molecular flexibility index (Phi) is 3.61. The molecule has 2 heterocycles. The van der Waals surface area contributed by atoms with Gasteiger partial charge >= 0.3 is 5.97 Å². The first-order chi connectivity index (χ1) is 9.33. The van der Waals surface area contributed by atoms with Crippen molar-refractivity contribution in [2.75, 3.05) is 18.0 Å². The van der Waals surface area contributed by atoms with Crippen molar-refractivity contribution >= 4 is 17.5 Å². The minimum Gasteiger partial charge on any atom is -0.481 e. The SMILES string of the molecule is Cc1cc([N+](=O)[O-])cnc1N1CCCC(C)(C(=O)O)C1. The van der Waals surface area contributed by atoms with Crippen LogP contribution < -0.4 is 4.90 Å². The second kappa shape index (κ2) is 5.07. The van der Waals surface area contributed by atoms with Crippen molar-refractivity contribution < 1.29 is 14.8 Å². The number of hydrogen-bond acceptors (Lipinski definition) is 5. The van der Waals surface area contributed by atoms with Crippen molar-refractivity contribution in [1.82, 2.24) is 4.98 Å². The summed E-state index contributed by atoms with van der Waals surface area (Å²) in [6.07, 6.45) is 2.61. The van der Waals surface area contributed by atoms with Crippen LogP contribution in [0.1, 0.15) is 25.3 Å². The van der Waals surface area contributed by atoms with E-state index in [4.69, 9.17) is 0 Å². The lowest BCUT2D eigenvalue weighted by molar-refractivity contribution is -0.385. The first kappa shape index (κ1) is 14.2. The first-order valence-electron chi connectivity index (χ1n) is 6.43. The topological polar surface area (TPSA) is 96.6 Å². The van der Waals surface area contributed by atoms with Gasteiger partial charge in [0.15, 0.2) is 0 Å². The molecule has 1 aromatic rings. The van der Waals surface area contributed by atoms with Crippen LogP contribution >= 0.6 is 0 Å². The third kappa shape index (κ3) is 2.56. The molecule has 1 atom stereocenters. The van der Waals surface area contributed by atoms with Gasteiger partial charge in [-0.2, -0.15) is 0 Å². The van der Waals surface area contributed by atoms with Crippen LogP contribution in [0.15, 0.2) is 12.3 Å². The summed E-state index contributed by atoms with van der Waals surface area (Å²) in [5.74, 6) is -0.190. The molecule has 0 saturated carbocycles. The van der Waals surface area contributed by atoms with Crippen LogP contribution in [0.4, 0.5) is 11.5 Å². The summed E-state index contributed by atoms with van der Waals surface area (Å²) in [7, 11) is 0. The van der Waals surface area contributed by atoms with Gasteiger partial charge in [0.25, 0.3) is 5.69 Å². The second-order valence-corrected chi connectivity index (χ2v) is 5.48. The maximum Gasteiger partial charge on any atom is 0.311 e. The zero-order chi connectivity index (χ0) is 14.9. The number of carboxylic acid groups (broad SMARTS) is 1. The molecule has 1 aromatic heterocycles. The van der Waals surface area contributed by atoms with Gasteiger partial charge < -0.3 is 10.0 Å². The van der Waals surface area contributed by atoms with E-state index in [1.54, 1.807) is 13.8 Å². The molecule has 0 aromatic carbocycles. The molecule has 1 fully saturated rings. The van der Waals surface area contributed by atoms with Crippen LogP contribution in [0, 0.1) is 22.5 Å². The molecular formula is C13H17N3O4. The summed E-state index contributed by atoms with van der Waals surface area (Å²) in [6.45, 7) is 4.56.